The van der Waals surface area contributed by atoms with Gasteiger partial charge in [-0.05, 0) is 42.2 Å². The van der Waals surface area contributed by atoms with Crippen LogP contribution in [0.25, 0.3) is 6.08 Å². The number of rotatable bonds is 8. The van der Waals surface area contributed by atoms with Crippen LogP contribution in [0.15, 0.2) is 23.8 Å². The highest BCUT2D eigenvalue weighted by Crippen LogP contribution is 2.24. The van der Waals surface area contributed by atoms with E-state index in [4.69, 9.17) is 9.47 Å². The minimum Gasteiger partial charge on any atom is -0.497 e. The first-order valence-corrected chi connectivity index (χ1v) is 6.62. The molecule has 1 aromatic rings. The predicted molar refractivity (Wildman–Crippen MR) is 77.7 cm³/mol. The molecule has 0 aromatic heterocycles. The zero-order valence-electron chi connectivity index (χ0n) is 11.9. The first-order chi connectivity index (χ1) is 9.23. The standard InChI is InChI=1S/C16H22O3/c1-4-5-6-7-13(12-17)8-14-9-15(18-2)11-16(10-14)19-3/h8-12H,4-7H2,1-3H3/b13-8+. The van der Waals surface area contributed by atoms with Gasteiger partial charge in [-0.3, -0.25) is 4.79 Å². The highest BCUT2D eigenvalue weighted by molar-refractivity contribution is 5.81. The number of aldehydes is 1. The Kier molecular flexibility index (Phi) is 6.72. The Balaban J connectivity index is 2.90. The Labute approximate surface area is 115 Å². The molecule has 0 radical (unpaired) electrons. The van der Waals surface area contributed by atoms with Gasteiger partial charge < -0.3 is 9.47 Å². The van der Waals surface area contributed by atoms with Crippen LogP contribution in [0.2, 0.25) is 0 Å². The summed E-state index contributed by atoms with van der Waals surface area (Å²) < 4.78 is 10.4. The summed E-state index contributed by atoms with van der Waals surface area (Å²) >= 11 is 0. The van der Waals surface area contributed by atoms with Crippen molar-refractivity contribution in [3.63, 3.8) is 0 Å². The summed E-state index contributed by atoms with van der Waals surface area (Å²) in [6, 6.07) is 5.60. The zero-order chi connectivity index (χ0) is 14.1. The third-order valence-electron chi connectivity index (χ3n) is 2.95. The second-order valence-electron chi connectivity index (χ2n) is 4.44. The second-order valence-corrected chi connectivity index (χ2v) is 4.44. The van der Waals surface area contributed by atoms with Gasteiger partial charge in [-0.1, -0.05) is 19.8 Å². The number of methoxy groups -OCH3 is 2. The Hall–Kier alpha value is -1.77. The molecule has 0 amide bonds. The van der Waals surface area contributed by atoms with Crippen molar-refractivity contribution in [1.82, 2.24) is 0 Å². The Morgan fingerprint density at radius 2 is 1.74 bits per heavy atom. The number of unbranched alkanes of at least 4 members (excludes halogenated alkanes) is 2. The molecule has 104 valence electrons. The number of hydrogen-bond acceptors (Lipinski definition) is 3. The monoisotopic (exact) mass is 262 g/mol. The van der Waals surface area contributed by atoms with Gasteiger partial charge in [0.1, 0.15) is 17.8 Å². The van der Waals surface area contributed by atoms with Crippen molar-refractivity contribution in [2.45, 2.75) is 32.6 Å². The SMILES string of the molecule is CCCCC/C(C=O)=C\c1cc(OC)cc(OC)c1. The molecule has 1 aromatic carbocycles. The van der Waals surface area contributed by atoms with Crippen LogP contribution in [0.5, 0.6) is 11.5 Å². The molecular weight excluding hydrogens is 240 g/mol. The van der Waals surface area contributed by atoms with Crippen LogP contribution in [0.1, 0.15) is 38.2 Å². The van der Waals surface area contributed by atoms with Crippen LogP contribution in [-0.4, -0.2) is 20.5 Å². The number of ether oxygens (including phenoxy) is 2. The smallest absolute Gasteiger partial charge is 0.146 e. The van der Waals surface area contributed by atoms with E-state index in [1.807, 2.05) is 24.3 Å². The fraction of sp³-hybridized carbons (Fsp3) is 0.438. The molecule has 0 aliphatic heterocycles. The molecule has 0 saturated heterocycles. The first kappa shape index (κ1) is 15.3. The van der Waals surface area contributed by atoms with E-state index in [1.165, 1.54) is 0 Å². The van der Waals surface area contributed by atoms with E-state index >= 15 is 0 Å². The third-order valence-corrected chi connectivity index (χ3v) is 2.95. The quantitative estimate of drug-likeness (QED) is 0.405. The van der Waals surface area contributed by atoms with Crippen molar-refractivity contribution in [2.24, 2.45) is 0 Å². The minimum absolute atomic E-state index is 0.726. The summed E-state index contributed by atoms with van der Waals surface area (Å²) in [6.45, 7) is 2.15. The summed E-state index contributed by atoms with van der Waals surface area (Å²) in [6.07, 6.45) is 6.99. The molecule has 0 spiro atoms. The largest absolute Gasteiger partial charge is 0.497 e. The fourth-order valence-electron chi connectivity index (χ4n) is 1.87. The molecule has 0 unspecified atom stereocenters. The lowest BCUT2D eigenvalue weighted by molar-refractivity contribution is -0.105. The molecule has 0 bridgehead atoms. The lowest BCUT2D eigenvalue weighted by Gasteiger charge is -2.07. The molecule has 0 N–H and O–H groups in total. The highest BCUT2D eigenvalue weighted by atomic mass is 16.5. The molecule has 0 saturated carbocycles. The third kappa shape index (κ3) is 5.16. The number of benzene rings is 1. The maximum absolute atomic E-state index is 11.1. The van der Waals surface area contributed by atoms with Crippen LogP contribution in [-0.2, 0) is 4.79 Å². The molecule has 0 aliphatic rings. The molecule has 0 heterocycles. The van der Waals surface area contributed by atoms with Crippen molar-refractivity contribution >= 4 is 12.4 Å². The summed E-state index contributed by atoms with van der Waals surface area (Å²) in [4.78, 5) is 11.1. The van der Waals surface area contributed by atoms with E-state index in [9.17, 15) is 4.79 Å². The van der Waals surface area contributed by atoms with Crippen LogP contribution < -0.4 is 9.47 Å². The van der Waals surface area contributed by atoms with Gasteiger partial charge in [0.2, 0.25) is 0 Å². The van der Waals surface area contributed by atoms with E-state index in [0.29, 0.717) is 0 Å². The average molecular weight is 262 g/mol. The van der Waals surface area contributed by atoms with E-state index in [-0.39, 0.29) is 0 Å². The molecule has 1 rings (SSSR count). The maximum atomic E-state index is 11.1. The second kappa shape index (κ2) is 8.35. The molecule has 19 heavy (non-hydrogen) atoms. The van der Waals surface area contributed by atoms with E-state index in [0.717, 1.165) is 54.6 Å². The molecule has 3 heteroatoms. The fourth-order valence-corrected chi connectivity index (χ4v) is 1.87. The molecular formula is C16H22O3. The molecule has 3 nitrogen and oxygen atoms in total. The van der Waals surface area contributed by atoms with Gasteiger partial charge in [-0.25, -0.2) is 0 Å². The number of carbonyl (C=O) groups is 1. The van der Waals surface area contributed by atoms with Crippen molar-refractivity contribution < 1.29 is 14.3 Å². The topological polar surface area (TPSA) is 35.5 Å². The van der Waals surface area contributed by atoms with Gasteiger partial charge in [0.05, 0.1) is 14.2 Å². The van der Waals surface area contributed by atoms with E-state index in [2.05, 4.69) is 6.92 Å². The van der Waals surface area contributed by atoms with Crippen molar-refractivity contribution in [2.75, 3.05) is 14.2 Å². The van der Waals surface area contributed by atoms with Crippen LogP contribution in [0, 0.1) is 0 Å². The lowest BCUT2D eigenvalue weighted by atomic mass is 10.0. The van der Waals surface area contributed by atoms with Crippen molar-refractivity contribution in [3.05, 3.63) is 29.3 Å². The molecule has 0 atom stereocenters. The Bertz CT molecular complexity index is 413. The molecule has 0 fully saturated rings. The highest BCUT2D eigenvalue weighted by Gasteiger charge is 2.02. The first-order valence-electron chi connectivity index (χ1n) is 6.62. The van der Waals surface area contributed by atoms with Gasteiger partial charge in [0.25, 0.3) is 0 Å². The van der Waals surface area contributed by atoms with Crippen molar-refractivity contribution in [3.8, 4) is 11.5 Å². The number of allylic oxidation sites excluding steroid dienone is 1. The Morgan fingerprint density at radius 1 is 1.11 bits per heavy atom. The van der Waals surface area contributed by atoms with Crippen LogP contribution >= 0.6 is 0 Å². The van der Waals surface area contributed by atoms with E-state index < -0.39 is 0 Å². The zero-order valence-corrected chi connectivity index (χ0v) is 11.9. The van der Waals surface area contributed by atoms with Gasteiger partial charge in [0, 0.05) is 6.07 Å². The normalized spacial score (nSPS) is 11.2. The lowest BCUT2D eigenvalue weighted by Crippen LogP contribution is -1.90. The summed E-state index contributed by atoms with van der Waals surface area (Å²) in [5, 5.41) is 0. The summed E-state index contributed by atoms with van der Waals surface area (Å²) in [7, 11) is 3.23. The number of hydrogen-bond donors (Lipinski definition) is 0. The van der Waals surface area contributed by atoms with Gasteiger partial charge in [0.15, 0.2) is 0 Å². The Morgan fingerprint density at radius 3 is 2.21 bits per heavy atom. The van der Waals surface area contributed by atoms with Gasteiger partial charge in [-0.2, -0.15) is 0 Å². The van der Waals surface area contributed by atoms with Crippen molar-refractivity contribution in [1.29, 1.82) is 0 Å². The molecule has 0 aliphatic carbocycles. The van der Waals surface area contributed by atoms with Crippen LogP contribution in [0.3, 0.4) is 0 Å². The predicted octanol–water partition coefficient (Wildman–Crippen LogP) is 3.87. The van der Waals surface area contributed by atoms with Gasteiger partial charge >= 0.3 is 0 Å². The van der Waals surface area contributed by atoms with Gasteiger partial charge in [-0.15, -0.1) is 0 Å². The maximum Gasteiger partial charge on any atom is 0.146 e. The van der Waals surface area contributed by atoms with E-state index in [1.54, 1.807) is 14.2 Å². The number of carbonyl (C=O) groups excluding carboxylic acids is 1. The minimum atomic E-state index is 0.726. The summed E-state index contributed by atoms with van der Waals surface area (Å²) in [5.41, 5.74) is 1.73. The van der Waals surface area contributed by atoms with Crippen LogP contribution in [0.4, 0.5) is 0 Å². The summed E-state index contributed by atoms with van der Waals surface area (Å²) in [5.74, 6) is 1.45. The average Bonchev–Trinajstić information content (AvgIpc) is 2.45.